The van der Waals surface area contributed by atoms with E-state index in [-0.39, 0.29) is 11.7 Å². The lowest BCUT2D eigenvalue weighted by atomic mass is 9.79. The molecule has 2 heterocycles. The summed E-state index contributed by atoms with van der Waals surface area (Å²) in [5, 5.41) is 9.48. The van der Waals surface area contributed by atoms with Crippen LogP contribution in [0, 0.1) is 17.8 Å². The number of fused-ring (bicyclic) bond motifs is 1. The molecule has 29 heavy (non-hydrogen) atoms. The average molecular weight is 393 g/mol. The SMILES string of the molecule is O=C(O)c1nc2ccccc2n(C2CCN(C34CC5CC(CC3C5)C4)CC2)c1=O. The van der Waals surface area contributed by atoms with Crippen LogP contribution in [0.1, 0.15) is 61.5 Å². The molecule has 0 spiro atoms. The number of carboxylic acids is 1. The maximum absolute atomic E-state index is 13.0. The van der Waals surface area contributed by atoms with Crippen LogP contribution in [0.15, 0.2) is 29.1 Å². The van der Waals surface area contributed by atoms with Crippen molar-refractivity contribution in [2.75, 3.05) is 13.1 Å². The van der Waals surface area contributed by atoms with Gasteiger partial charge in [-0.25, -0.2) is 9.78 Å². The number of hydrogen-bond donors (Lipinski definition) is 1. The molecule has 4 bridgehead atoms. The van der Waals surface area contributed by atoms with Gasteiger partial charge in [0.1, 0.15) is 0 Å². The molecule has 1 aromatic carbocycles. The molecule has 1 aromatic heterocycles. The summed E-state index contributed by atoms with van der Waals surface area (Å²) >= 11 is 0. The van der Waals surface area contributed by atoms with E-state index in [4.69, 9.17) is 0 Å². The van der Waals surface area contributed by atoms with E-state index in [1.807, 2.05) is 18.2 Å². The number of aromatic carboxylic acids is 1. The highest BCUT2D eigenvalue weighted by Gasteiger charge is 2.60. The van der Waals surface area contributed by atoms with E-state index < -0.39 is 11.5 Å². The van der Waals surface area contributed by atoms with Crippen LogP contribution in [0.3, 0.4) is 0 Å². The Balaban J connectivity index is 1.32. The highest BCUT2D eigenvalue weighted by atomic mass is 16.4. The third kappa shape index (κ3) is 2.48. The number of hydrogen-bond acceptors (Lipinski definition) is 4. The lowest BCUT2D eigenvalue weighted by molar-refractivity contribution is 0.0270. The van der Waals surface area contributed by atoms with Crippen LogP contribution in [0.2, 0.25) is 0 Å². The fourth-order valence-corrected chi connectivity index (χ4v) is 7.50. The third-order valence-corrected chi connectivity index (χ3v) is 8.40. The molecule has 1 N–H and O–H groups in total. The highest BCUT2D eigenvalue weighted by Crippen LogP contribution is 2.63. The Kier molecular flexibility index (Phi) is 3.74. The maximum atomic E-state index is 13.0. The van der Waals surface area contributed by atoms with Gasteiger partial charge in [0.15, 0.2) is 0 Å². The van der Waals surface area contributed by atoms with E-state index in [0.717, 1.165) is 49.2 Å². The van der Waals surface area contributed by atoms with Gasteiger partial charge < -0.3 is 9.67 Å². The normalized spacial score (nSPS) is 34.3. The Morgan fingerprint density at radius 2 is 1.76 bits per heavy atom. The summed E-state index contributed by atoms with van der Waals surface area (Å²) < 4.78 is 1.72. The smallest absolute Gasteiger partial charge is 0.360 e. The molecule has 6 heteroatoms. The minimum atomic E-state index is -1.25. The number of likely N-dealkylation sites (tertiary alicyclic amines) is 1. The molecule has 5 aliphatic rings. The van der Waals surface area contributed by atoms with Crippen molar-refractivity contribution in [1.29, 1.82) is 0 Å². The number of carboxylic acid groups (broad SMARTS) is 1. The monoisotopic (exact) mass is 393 g/mol. The van der Waals surface area contributed by atoms with Crippen LogP contribution in [0.5, 0.6) is 0 Å². The number of para-hydroxylation sites is 2. The zero-order valence-electron chi connectivity index (χ0n) is 16.6. The number of rotatable bonds is 3. The third-order valence-electron chi connectivity index (χ3n) is 8.40. The first kappa shape index (κ1) is 17.6. The Morgan fingerprint density at radius 1 is 1.07 bits per heavy atom. The van der Waals surface area contributed by atoms with E-state index >= 15 is 0 Å². The second-order valence-corrected chi connectivity index (χ2v) is 9.80. The summed E-state index contributed by atoms with van der Waals surface area (Å²) in [5.74, 6) is 1.51. The Hall–Kier alpha value is -2.21. The number of carbonyl (C=O) groups is 1. The van der Waals surface area contributed by atoms with Gasteiger partial charge in [0.05, 0.1) is 11.0 Å². The summed E-state index contributed by atoms with van der Waals surface area (Å²) in [6.45, 7) is 2.01. The molecule has 4 saturated carbocycles. The summed E-state index contributed by atoms with van der Waals surface area (Å²) in [6, 6.07) is 7.44. The topological polar surface area (TPSA) is 75.4 Å². The van der Waals surface area contributed by atoms with Crippen LogP contribution in [0.25, 0.3) is 11.0 Å². The average Bonchev–Trinajstić information content (AvgIpc) is 3.12. The van der Waals surface area contributed by atoms with Gasteiger partial charge in [-0.3, -0.25) is 9.69 Å². The summed E-state index contributed by atoms with van der Waals surface area (Å²) in [7, 11) is 0. The molecule has 6 nitrogen and oxygen atoms in total. The number of nitrogens with zero attached hydrogens (tertiary/aromatic N) is 3. The summed E-state index contributed by atoms with van der Waals surface area (Å²) in [6.07, 6.45) is 8.85. The lowest BCUT2D eigenvalue weighted by Gasteiger charge is -2.47. The number of benzene rings is 1. The molecule has 1 saturated heterocycles. The van der Waals surface area contributed by atoms with E-state index in [1.165, 1.54) is 32.1 Å². The minimum absolute atomic E-state index is 0.0388. The molecule has 2 aromatic rings. The molecule has 2 atom stereocenters. The van der Waals surface area contributed by atoms with Gasteiger partial charge >= 0.3 is 5.97 Å². The van der Waals surface area contributed by atoms with Crippen LogP contribution < -0.4 is 5.56 Å². The van der Waals surface area contributed by atoms with Gasteiger partial charge in [0.2, 0.25) is 5.69 Å². The van der Waals surface area contributed by atoms with E-state index in [0.29, 0.717) is 11.1 Å². The van der Waals surface area contributed by atoms with Gasteiger partial charge in [-0.1, -0.05) is 12.1 Å². The summed E-state index contributed by atoms with van der Waals surface area (Å²) in [4.78, 5) is 31.5. The molecule has 0 radical (unpaired) electrons. The zero-order chi connectivity index (χ0) is 19.8. The van der Waals surface area contributed by atoms with Gasteiger partial charge in [-0.2, -0.15) is 0 Å². The largest absolute Gasteiger partial charge is 0.476 e. The summed E-state index contributed by atoms with van der Waals surface area (Å²) in [5.41, 5.74) is 0.929. The van der Waals surface area contributed by atoms with Gasteiger partial charge in [0.25, 0.3) is 5.56 Å². The predicted molar refractivity (Wildman–Crippen MR) is 109 cm³/mol. The fourth-order valence-electron chi connectivity index (χ4n) is 7.50. The number of piperidine rings is 1. The minimum Gasteiger partial charge on any atom is -0.476 e. The van der Waals surface area contributed by atoms with Crippen molar-refractivity contribution < 1.29 is 9.90 Å². The Bertz CT molecular complexity index is 1040. The molecule has 0 amide bonds. The molecule has 7 rings (SSSR count). The standard InChI is InChI=1S/C23H27N3O3/c27-21-20(22(28)29)24-18-3-1-2-4-19(18)26(21)17-5-7-25(8-6-17)23-12-14-9-15(13-23)11-16(23)10-14/h1-4,14-17H,5-13H2,(H,28,29). The molecular weight excluding hydrogens is 366 g/mol. The maximum Gasteiger partial charge on any atom is 0.360 e. The van der Waals surface area contributed by atoms with E-state index in [9.17, 15) is 14.7 Å². The molecule has 5 fully saturated rings. The van der Waals surface area contributed by atoms with Crippen molar-refractivity contribution >= 4 is 17.0 Å². The van der Waals surface area contributed by atoms with Gasteiger partial charge in [-0.15, -0.1) is 0 Å². The Morgan fingerprint density at radius 3 is 2.45 bits per heavy atom. The molecule has 2 unspecified atom stereocenters. The van der Waals surface area contributed by atoms with Gasteiger partial charge in [0, 0.05) is 24.7 Å². The van der Waals surface area contributed by atoms with Crippen molar-refractivity contribution in [2.45, 2.75) is 56.5 Å². The van der Waals surface area contributed by atoms with Crippen molar-refractivity contribution in [1.82, 2.24) is 14.5 Å². The van der Waals surface area contributed by atoms with Crippen molar-refractivity contribution in [3.8, 4) is 0 Å². The van der Waals surface area contributed by atoms with Crippen molar-refractivity contribution in [2.24, 2.45) is 17.8 Å². The lowest BCUT2D eigenvalue weighted by Crippen LogP contribution is -2.53. The van der Waals surface area contributed by atoms with E-state index in [2.05, 4.69) is 9.88 Å². The Labute approximate surface area is 169 Å². The molecular formula is C23H27N3O3. The second kappa shape index (κ2) is 6.14. The molecule has 152 valence electrons. The van der Waals surface area contributed by atoms with Crippen molar-refractivity contribution in [3.05, 3.63) is 40.3 Å². The van der Waals surface area contributed by atoms with Crippen LogP contribution in [0.4, 0.5) is 0 Å². The second-order valence-electron chi connectivity index (χ2n) is 9.80. The molecule has 1 aliphatic heterocycles. The van der Waals surface area contributed by atoms with Crippen LogP contribution in [-0.4, -0.2) is 44.2 Å². The van der Waals surface area contributed by atoms with Crippen LogP contribution in [-0.2, 0) is 0 Å². The number of aromatic nitrogens is 2. The first-order chi connectivity index (χ1) is 14.0. The highest BCUT2D eigenvalue weighted by molar-refractivity contribution is 5.88. The molecule has 4 aliphatic carbocycles. The fraction of sp³-hybridized carbons (Fsp3) is 0.609. The van der Waals surface area contributed by atoms with Gasteiger partial charge in [-0.05, 0) is 74.8 Å². The first-order valence-corrected chi connectivity index (χ1v) is 11.0. The predicted octanol–water partition coefficient (Wildman–Crippen LogP) is 3.31. The van der Waals surface area contributed by atoms with E-state index in [1.54, 1.807) is 10.6 Å². The zero-order valence-corrected chi connectivity index (χ0v) is 16.6. The van der Waals surface area contributed by atoms with Crippen molar-refractivity contribution in [3.63, 3.8) is 0 Å². The quantitative estimate of drug-likeness (QED) is 0.866. The first-order valence-electron chi connectivity index (χ1n) is 11.0. The van der Waals surface area contributed by atoms with Crippen LogP contribution >= 0.6 is 0 Å².